The minimum atomic E-state index is -0.0321. The lowest BCUT2D eigenvalue weighted by Gasteiger charge is -2.12. The molecule has 106 valence electrons. The van der Waals surface area contributed by atoms with Gasteiger partial charge in [-0.3, -0.25) is 4.79 Å². The molecule has 0 radical (unpaired) electrons. The Kier molecular flexibility index (Phi) is 3.67. The summed E-state index contributed by atoms with van der Waals surface area (Å²) >= 11 is 6.16. The molecule has 3 rings (SSSR count). The third-order valence-electron chi connectivity index (χ3n) is 3.58. The van der Waals surface area contributed by atoms with Crippen LogP contribution in [-0.4, -0.2) is 4.57 Å². The number of nitrogens with one attached hydrogen (secondary N) is 1. The largest absolute Gasteiger partial charge is 0.380 e. The van der Waals surface area contributed by atoms with Crippen molar-refractivity contribution in [1.82, 2.24) is 4.57 Å². The predicted molar refractivity (Wildman–Crippen MR) is 88.0 cm³/mol. The first-order chi connectivity index (χ1) is 10.2. The molecule has 0 saturated heterocycles. The first-order valence-corrected chi connectivity index (χ1v) is 7.10. The monoisotopic (exact) mass is 298 g/mol. The number of hydrogen-bond donors (Lipinski definition) is 1. The third-order valence-corrected chi connectivity index (χ3v) is 3.95. The number of anilines is 1. The van der Waals surface area contributed by atoms with Gasteiger partial charge in [0.2, 0.25) is 0 Å². The van der Waals surface area contributed by atoms with Crippen molar-refractivity contribution in [2.75, 3.05) is 5.32 Å². The second kappa shape index (κ2) is 5.62. The van der Waals surface area contributed by atoms with E-state index in [0.29, 0.717) is 6.54 Å². The van der Waals surface area contributed by atoms with Crippen LogP contribution in [-0.2, 0) is 13.6 Å². The molecule has 1 N–H and O–H groups in total. The fourth-order valence-electron chi connectivity index (χ4n) is 2.39. The van der Waals surface area contributed by atoms with Gasteiger partial charge in [-0.05, 0) is 17.7 Å². The lowest BCUT2D eigenvalue weighted by Crippen LogP contribution is -2.17. The Morgan fingerprint density at radius 3 is 2.62 bits per heavy atom. The smallest absolute Gasteiger partial charge is 0.252 e. The quantitative estimate of drug-likeness (QED) is 0.798. The van der Waals surface area contributed by atoms with E-state index in [9.17, 15) is 4.79 Å². The summed E-state index contributed by atoms with van der Waals surface area (Å²) in [5.74, 6) is 0. The summed E-state index contributed by atoms with van der Waals surface area (Å²) in [5, 5.41) is 5.06. The Balaban J connectivity index is 2.00. The van der Waals surface area contributed by atoms with Gasteiger partial charge in [-0.25, -0.2) is 0 Å². The number of halogens is 1. The lowest BCUT2D eigenvalue weighted by atomic mass is 10.1. The highest BCUT2D eigenvalue weighted by atomic mass is 35.5. The van der Waals surface area contributed by atoms with Gasteiger partial charge in [0.1, 0.15) is 0 Å². The second-order valence-corrected chi connectivity index (χ2v) is 5.32. The zero-order valence-corrected chi connectivity index (χ0v) is 12.4. The minimum absolute atomic E-state index is 0.0321. The van der Waals surface area contributed by atoms with Crippen LogP contribution < -0.4 is 10.9 Å². The Morgan fingerprint density at radius 1 is 1.10 bits per heavy atom. The Bertz CT molecular complexity index is 855. The van der Waals surface area contributed by atoms with Gasteiger partial charge in [0.15, 0.2) is 0 Å². The van der Waals surface area contributed by atoms with E-state index in [2.05, 4.69) is 5.32 Å². The van der Waals surface area contributed by atoms with Crippen molar-refractivity contribution < 1.29 is 0 Å². The Hall–Kier alpha value is -2.26. The molecule has 3 aromatic rings. The molecule has 0 spiro atoms. The van der Waals surface area contributed by atoms with Crippen LogP contribution in [0.2, 0.25) is 5.02 Å². The molecule has 0 aliphatic carbocycles. The van der Waals surface area contributed by atoms with Crippen LogP contribution >= 0.6 is 11.6 Å². The summed E-state index contributed by atoms with van der Waals surface area (Å²) in [7, 11) is 1.78. The molecule has 1 heterocycles. The van der Waals surface area contributed by atoms with Crippen molar-refractivity contribution in [3.05, 3.63) is 75.5 Å². The number of rotatable bonds is 3. The molecule has 0 aliphatic heterocycles. The van der Waals surface area contributed by atoms with E-state index in [1.807, 2.05) is 48.5 Å². The van der Waals surface area contributed by atoms with E-state index in [1.165, 1.54) is 0 Å². The summed E-state index contributed by atoms with van der Waals surface area (Å²) in [6.45, 7) is 0.580. The maximum Gasteiger partial charge on any atom is 0.252 e. The van der Waals surface area contributed by atoms with Gasteiger partial charge in [-0.2, -0.15) is 0 Å². The first-order valence-electron chi connectivity index (χ1n) is 6.73. The molecule has 2 aromatic carbocycles. The van der Waals surface area contributed by atoms with Crippen molar-refractivity contribution in [2.24, 2.45) is 7.05 Å². The molecule has 0 fully saturated rings. The highest BCUT2D eigenvalue weighted by molar-refractivity contribution is 6.31. The van der Waals surface area contributed by atoms with Crippen LogP contribution in [0.3, 0.4) is 0 Å². The molecule has 0 amide bonds. The van der Waals surface area contributed by atoms with Crippen molar-refractivity contribution in [1.29, 1.82) is 0 Å². The van der Waals surface area contributed by atoms with Gasteiger partial charge in [-0.15, -0.1) is 0 Å². The van der Waals surface area contributed by atoms with E-state index in [4.69, 9.17) is 11.6 Å². The zero-order valence-electron chi connectivity index (χ0n) is 11.6. The predicted octanol–water partition coefficient (Wildman–Crippen LogP) is 3.80. The van der Waals surface area contributed by atoms with Crippen molar-refractivity contribution >= 4 is 28.2 Å². The minimum Gasteiger partial charge on any atom is -0.380 e. The van der Waals surface area contributed by atoms with Gasteiger partial charge >= 0.3 is 0 Å². The van der Waals surface area contributed by atoms with Crippen molar-refractivity contribution in [3.63, 3.8) is 0 Å². The van der Waals surface area contributed by atoms with Crippen LogP contribution in [0, 0.1) is 0 Å². The molecule has 3 nitrogen and oxygen atoms in total. The fraction of sp³-hybridized carbons (Fsp3) is 0.118. The number of fused-ring (bicyclic) bond motifs is 1. The Labute approximate surface area is 127 Å². The van der Waals surface area contributed by atoms with Crippen LogP contribution in [0.5, 0.6) is 0 Å². The van der Waals surface area contributed by atoms with Crippen molar-refractivity contribution in [3.8, 4) is 0 Å². The maximum atomic E-state index is 12.0. The number of aryl methyl sites for hydroxylation is 1. The Morgan fingerprint density at radius 2 is 1.81 bits per heavy atom. The van der Waals surface area contributed by atoms with E-state index in [1.54, 1.807) is 17.7 Å². The fourth-order valence-corrected chi connectivity index (χ4v) is 2.59. The van der Waals surface area contributed by atoms with Gasteiger partial charge < -0.3 is 9.88 Å². The molecule has 0 aliphatic rings. The van der Waals surface area contributed by atoms with E-state index >= 15 is 0 Å². The highest BCUT2D eigenvalue weighted by Crippen LogP contribution is 2.22. The topological polar surface area (TPSA) is 34.0 Å². The number of para-hydroxylation sites is 1. The third kappa shape index (κ3) is 2.65. The summed E-state index contributed by atoms with van der Waals surface area (Å²) in [6, 6.07) is 17.1. The van der Waals surface area contributed by atoms with E-state index < -0.39 is 0 Å². The van der Waals surface area contributed by atoms with E-state index in [-0.39, 0.29) is 5.56 Å². The molecule has 21 heavy (non-hydrogen) atoms. The highest BCUT2D eigenvalue weighted by Gasteiger charge is 2.06. The van der Waals surface area contributed by atoms with Crippen LogP contribution in [0.15, 0.2) is 59.4 Å². The molecular formula is C17H15ClN2O. The first kappa shape index (κ1) is 13.7. The van der Waals surface area contributed by atoms with E-state index in [0.717, 1.165) is 27.2 Å². The summed E-state index contributed by atoms with van der Waals surface area (Å²) < 4.78 is 1.65. The molecule has 1 aromatic heterocycles. The summed E-state index contributed by atoms with van der Waals surface area (Å²) in [4.78, 5) is 12.0. The standard InChI is InChI=1S/C17H15ClN2O/c1-20-16-9-5-3-7-13(16)15(10-17(20)21)19-11-12-6-2-4-8-14(12)18/h2-10,19H,11H2,1H3. The number of aromatic nitrogens is 1. The SMILES string of the molecule is Cn1c(=O)cc(NCc2ccccc2Cl)c2ccccc21. The molecule has 0 bridgehead atoms. The van der Waals surface area contributed by atoms with Gasteiger partial charge in [0.05, 0.1) is 5.52 Å². The number of hydrogen-bond acceptors (Lipinski definition) is 2. The summed E-state index contributed by atoms with van der Waals surface area (Å²) in [5.41, 5.74) is 2.71. The molecule has 4 heteroatoms. The molecular weight excluding hydrogens is 284 g/mol. The maximum absolute atomic E-state index is 12.0. The normalized spacial score (nSPS) is 10.8. The number of benzene rings is 2. The zero-order chi connectivity index (χ0) is 14.8. The molecule has 0 atom stereocenters. The number of nitrogens with zero attached hydrogens (tertiary/aromatic N) is 1. The van der Waals surface area contributed by atoms with Crippen LogP contribution in [0.4, 0.5) is 5.69 Å². The van der Waals surface area contributed by atoms with Gasteiger partial charge in [0, 0.05) is 35.8 Å². The average molecular weight is 299 g/mol. The molecule has 0 saturated carbocycles. The second-order valence-electron chi connectivity index (χ2n) is 4.92. The van der Waals surface area contributed by atoms with Gasteiger partial charge in [-0.1, -0.05) is 48.0 Å². The van der Waals surface area contributed by atoms with Crippen LogP contribution in [0.25, 0.3) is 10.9 Å². The summed E-state index contributed by atoms with van der Waals surface area (Å²) in [6.07, 6.45) is 0. The number of pyridine rings is 1. The van der Waals surface area contributed by atoms with Gasteiger partial charge in [0.25, 0.3) is 5.56 Å². The lowest BCUT2D eigenvalue weighted by molar-refractivity contribution is 0.905. The van der Waals surface area contributed by atoms with Crippen molar-refractivity contribution in [2.45, 2.75) is 6.54 Å². The molecule has 0 unspecified atom stereocenters. The van der Waals surface area contributed by atoms with Crippen LogP contribution in [0.1, 0.15) is 5.56 Å². The average Bonchev–Trinajstić information content (AvgIpc) is 2.51.